The first kappa shape index (κ1) is 20.2. The number of methoxy groups -OCH3 is 1. The number of carbonyl (C=O) groups excluding carboxylic acids is 2. The van der Waals surface area contributed by atoms with Gasteiger partial charge in [-0.15, -0.1) is 0 Å². The number of carbonyl (C=O) groups is 2. The van der Waals surface area contributed by atoms with Gasteiger partial charge in [-0.2, -0.15) is 0 Å². The number of benzene rings is 2. The third-order valence-electron chi connectivity index (χ3n) is 4.90. The van der Waals surface area contributed by atoms with Crippen LogP contribution in [0.4, 0.5) is 15.8 Å². The SMILES string of the molecule is COc1ccc(NC(=O)C2CCN(C(=O)c3ccc(F)cc3)CC2)c([N+](=O)[O-])c1. The van der Waals surface area contributed by atoms with Crippen LogP contribution >= 0.6 is 0 Å². The molecule has 2 aromatic rings. The lowest BCUT2D eigenvalue weighted by Crippen LogP contribution is -2.41. The summed E-state index contributed by atoms with van der Waals surface area (Å²) in [6.07, 6.45) is 0.867. The second-order valence-corrected chi connectivity index (χ2v) is 6.70. The Kier molecular flexibility index (Phi) is 6.06. The highest BCUT2D eigenvalue weighted by Crippen LogP contribution is 2.30. The van der Waals surface area contributed by atoms with Crippen LogP contribution in [0.15, 0.2) is 42.5 Å². The van der Waals surface area contributed by atoms with Crippen molar-refractivity contribution < 1.29 is 23.6 Å². The number of nitrogens with zero attached hydrogens (tertiary/aromatic N) is 2. The molecule has 0 saturated carbocycles. The standard InChI is InChI=1S/C20H20FN3O5/c1-29-16-6-7-17(18(12-16)24(27)28)22-19(25)13-8-10-23(11-9-13)20(26)14-2-4-15(21)5-3-14/h2-7,12-13H,8-11H2,1H3,(H,22,25). The summed E-state index contributed by atoms with van der Waals surface area (Å²) in [4.78, 5) is 37.3. The number of piperidine rings is 1. The number of anilines is 1. The first-order valence-electron chi connectivity index (χ1n) is 9.07. The van der Waals surface area contributed by atoms with Crippen molar-refractivity contribution in [3.05, 3.63) is 64.0 Å². The summed E-state index contributed by atoms with van der Waals surface area (Å²) in [5.41, 5.74) is 0.246. The molecule has 0 spiro atoms. The largest absolute Gasteiger partial charge is 0.496 e. The van der Waals surface area contributed by atoms with Crippen LogP contribution in [0.3, 0.4) is 0 Å². The predicted octanol–water partition coefficient (Wildman–Crippen LogP) is 3.23. The average molecular weight is 401 g/mol. The van der Waals surface area contributed by atoms with E-state index in [0.29, 0.717) is 37.2 Å². The van der Waals surface area contributed by atoms with E-state index in [1.807, 2.05) is 0 Å². The van der Waals surface area contributed by atoms with Gasteiger partial charge in [0.15, 0.2) is 0 Å². The number of nitrogens with one attached hydrogen (secondary N) is 1. The Morgan fingerprint density at radius 3 is 2.41 bits per heavy atom. The number of nitro benzene ring substituents is 1. The quantitative estimate of drug-likeness (QED) is 0.612. The minimum atomic E-state index is -0.581. The van der Waals surface area contributed by atoms with Crippen LogP contribution in [0.5, 0.6) is 5.75 Å². The number of halogens is 1. The van der Waals surface area contributed by atoms with E-state index in [9.17, 15) is 24.1 Å². The third-order valence-corrected chi connectivity index (χ3v) is 4.90. The Bertz CT molecular complexity index is 924. The zero-order valence-electron chi connectivity index (χ0n) is 15.8. The van der Waals surface area contributed by atoms with Crippen molar-refractivity contribution in [2.24, 2.45) is 5.92 Å². The van der Waals surface area contributed by atoms with Crippen LogP contribution < -0.4 is 10.1 Å². The molecule has 1 N–H and O–H groups in total. The van der Waals surface area contributed by atoms with E-state index in [1.165, 1.54) is 49.6 Å². The molecule has 0 bridgehead atoms. The predicted molar refractivity (Wildman–Crippen MR) is 103 cm³/mol. The van der Waals surface area contributed by atoms with Gasteiger partial charge in [0.2, 0.25) is 5.91 Å². The normalized spacial score (nSPS) is 14.3. The zero-order valence-corrected chi connectivity index (χ0v) is 15.8. The Labute approximate surface area is 166 Å². The fourth-order valence-electron chi connectivity index (χ4n) is 3.25. The molecule has 0 aromatic heterocycles. The lowest BCUT2D eigenvalue weighted by atomic mass is 9.95. The number of hydrogen-bond donors (Lipinski definition) is 1. The molecule has 1 aliphatic heterocycles. The molecule has 8 nitrogen and oxygen atoms in total. The number of amides is 2. The van der Waals surface area contributed by atoms with Crippen LogP contribution in [-0.4, -0.2) is 41.8 Å². The fourth-order valence-corrected chi connectivity index (χ4v) is 3.25. The van der Waals surface area contributed by atoms with Crippen LogP contribution in [0, 0.1) is 21.8 Å². The van der Waals surface area contributed by atoms with Gasteiger partial charge in [0.05, 0.1) is 18.1 Å². The van der Waals surface area contributed by atoms with Crippen LogP contribution in [-0.2, 0) is 4.79 Å². The molecule has 0 unspecified atom stereocenters. The molecule has 0 aliphatic carbocycles. The lowest BCUT2D eigenvalue weighted by molar-refractivity contribution is -0.384. The smallest absolute Gasteiger partial charge is 0.296 e. The highest BCUT2D eigenvalue weighted by atomic mass is 19.1. The maximum absolute atomic E-state index is 13.0. The molecular formula is C20H20FN3O5. The Morgan fingerprint density at radius 2 is 1.83 bits per heavy atom. The van der Waals surface area contributed by atoms with Gasteiger partial charge in [0.25, 0.3) is 11.6 Å². The van der Waals surface area contributed by atoms with Gasteiger partial charge in [-0.1, -0.05) is 0 Å². The van der Waals surface area contributed by atoms with E-state index < -0.39 is 10.7 Å². The molecule has 0 atom stereocenters. The van der Waals surface area contributed by atoms with E-state index in [0.717, 1.165) is 0 Å². The van der Waals surface area contributed by atoms with E-state index in [4.69, 9.17) is 4.74 Å². The second-order valence-electron chi connectivity index (χ2n) is 6.70. The Morgan fingerprint density at radius 1 is 1.17 bits per heavy atom. The van der Waals surface area contributed by atoms with Gasteiger partial charge in [0, 0.05) is 24.6 Å². The van der Waals surface area contributed by atoms with Crippen molar-refractivity contribution >= 4 is 23.2 Å². The van der Waals surface area contributed by atoms with Gasteiger partial charge in [-0.3, -0.25) is 19.7 Å². The number of rotatable bonds is 5. The summed E-state index contributed by atoms with van der Waals surface area (Å²) in [7, 11) is 1.40. The van der Waals surface area contributed by atoms with Gasteiger partial charge >= 0.3 is 0 Å². The molecule has 2 amide bonds. The third kappa shape index (κ3) is 4.68. The monoisotopic (exact) mass is 401 g/mol. The van der Waals surface area contributed by atoms with Crippen LogP contribution in [0.1, 0.15) is 23.2 Å². The molecule has 1 saturated heterocycles. The molecule has 2 aromatic carbocycles. The first-order chi connectivity index (χ1) is 13.9. The van der Waals surface area contributed by atoms with Gasteiger partial charge in [-0.05, 0) is 49.2 Å². The molecule has 9 heteroatoms. The Balaban J connectivity index is 1.61. The van der Waals surface area contributed by atoms with Crippen molar-refractivity contribution in [1.82, 2.24) is 4.90 Å². The van der Waals surface area contributed by atoms with E-state index in [-0.39, 0.29) is 29.1 Å². The molecule has 1 aliphatic rings. The number of hydrogen-bond acceptors (Lipinski definition) is 5. The molecule has 1 heterocycles. The number of ether oxygens (including phenoxy) is 1. The molecule has 0 radical (unpaired) electrons. The molecule has 1 fully saturated rings. The minimum Gasteiger partial charge on any atom is -0.496 e. The minimum absolute atomic E-state index is 0.102. The molecule has 29 heavy (non-hydrogen) atoms. The second kappa shape index (κ2) is 8.68. The maximum atomic E-state index is 13.0. The van der Waals surface area contributed by atoms with Crippen molar-refractivity contribution in [2.75, 3.05) is 25.5 Å². The van der Waals surface area contributed by atoms with Crippen molar-refractivity contribution in [3.63, 3.8) is 0 Å². The summed E-state index contributed by atoms with van der Waals surface area (Å²) in [5.74, 6) is -0.998. The van der Waals surface area contributed by atoms with Crippen LogP contribution in [0.2, 0.25) is 0 Å². The maximum Gasteiger partial charge on any atom is 0.296 e. The molecule has 3 rings (SSSR count). The number of nitro groups is 1. The van der Waals surface area contributed by atoms with E-state index in [1.54, 1.807) is 4.90 Å². The first-order valence-corrected chi connectivity index (χ1v) is 9.07. The van der Waals surface area contributed by atoms with E-state index >= 15 is 0 Å². The highest BCUT2D eigenvalue weighted by Gasteiger charge is 2.29. The molecular weight excluding hydrogens is 381 g/mol. The van der Waals surface area contributed by atoms with Crippen LogP contribution in [0.25, 0.3) is 0 Å². The van der Waals surface area contributed by atoms with Crippen molar-refractivity contribution in [2.45, 2.75) is 12.8 Å². The highest BCUT2D eigenvalue weighted by molar-refractivity contribution is 5.96. The van der Waals surface area contributed by atoms with Gasteiger partial charge in [0.1, 0.15) is 17.3 Å². The molecule has 152 valence electrons. The Hall–Kier alpha value is -3.49. The van der Waals surface area contributed by atoms with E-state index in [2.05, 4.69) is 5.32 Å². The summed E-state index contributed by atoms with van der Waals surface area (Å²) in [6.45, 7) is 0.748. The fraction of sp³-hybridized carbons (Fsp3) is 0.300. The summed E-state index contributed by atoms with van der Waals surface area (Å²) >= 11 is 0. The van der Waals surface area contributed by atoms with Crippen molar-refractivity contribution in [1.29, 1.82) is 0 Å². The van der Waals surface area contributed by atoms with Gasteiger partial charge in [-0.25, -0.2) is 4.39 Å². The van der Waals surface area contributed by atoms with Gasteiger partial charge < -0.3 is 15.0 Å². The van der Waals surface area contributed by atoms with Crippen molar-refractivity contribution in [3.8, 4) is 5.75 Å². The lowest BCUT2D eigenvalue weighted by Gasteiger charge is -2.31. The summed E-state index contributed by atoms with van der Waals surface area (Å²) in [6, 6.07) is 9.54. The summed E-state index contributed by atoms with van der Waals surface area (Å²) in [5, 5.41) is 13.9. The average Bonchev–Trinajstić information content (AvgIpc) is 2.74. The number of likely N-dealkylation sites (tertiary alicyclic amines) is 1. The zero-order chi connectivity index (χ0) is 21.0. The topological polar surface area (TPSA) is 102 Å². The summed E-state index contributed by atoms with van der Waals surface area (Å²) < 4.78 is 18.0.